The molecule has 0 amide bonds. The predicted molar refractivity (Wildman–Crippen MR) is 58.6 cm³/mol. The molecule has 0 aliphatic heterocycles. The number of rotatable bonds is 3. The van der Waals surface area contributed by atoms with Crippen LogP contribution in [0.4, 0.5) is 0 Å². The maximum atomic E-state index is 5.53. The molecule has 76 valence electrons. The number of allylic oxidation sites excluding steroid dienone is 1. The molecule has 1 heteroatoms. The Bertz CT molecular complexity index is 161. The zero-order valence-electron chi connectivity index (χ0n) is 8.89. The fraction of sp³-hybridized carbons (Fsp3) is 0.833. The molecule has 0 aromatic rings. The van der Waals surface area contributed by atoms with Gasteiger partial charge in [-0.25, -0.2) is 0 Å². The minimum Gasteiger partial charge on any atom is -0.327 e. The third-order valence-electron chi connectivity index (χ3n) is 3.09. The molecule has 0 spiro atoms. The van der Waals surface area contributed by atoms with Crippen LogP contribution in [0.15, 0.2) is 11.6 Å². The zero-order valence-corrected chi connectivity index (χ0v) is 8.89. The summed E-state index contributed by atoms with van der Waals surface area (Å²) in [6.45, 7) is 3.02. The van der Waals surface area contributed by atoms with Crippen LogP contribution in [0.2, 0.25) is 0 Å². The summed E-state index contributed by atoms with van der Waals surface area (Å²) < 4.78 is 0. The van der Waals surface area contributed by atoms with Crippen LogP contribution in [0.1, 0.15) is 51.9 Å². The Morgan fingerprint density at radius 3 is 2.92 bits per heavy atom. The van der Waals surface area contributed by atoms with Crippen molar-refractivity contribution in [2.24, 2.45) is 11.7 Å². The highest BCUT2D eigenvalue weighted by Crippen LogP contribution is 2.29. The van der Waals surface area contributed by atoms with Crippen molar-refractivity contribution in [1.29, 1.82) is 0 Å². The van der Waals surface area contributed by atoms with E-state index in [0.717, 1.165) is 12.5 Å². The van der Waals surface area contributed by atoms with Gasteiger partial charge in [-0.2, -0.15) is 0 Å². The second-order valence-electron chi connectivity index (χ2n) is 4.18. The molecule has 0 heterocycles. The van der Waals surface area contributed by atoms with Gasteiger partial charge in [0.05, 0.1) is 0 Å². The molecule has 0 aromatic carbocycles. The van der Waals surface area contributed by atoms with E-state index in [4.69, 9.17) is 5.73 Å². The molecule has 1 unspecified atom stereocenters. The van der Waals surface area contributed by atoms with E-state index in [9.17, 15) is 0 Å². The fourth-order valence-corrected chi connectivity index (χ4v) is 2.34. The van der Waals surface area contributed by atoms with Crippen molar-refractivity contribution in [1.82, 2.24) is 0 Å². The van der Waals surface area contributed by atoms with Crippen molar-refractivity contribution in [3.63, 3.8) is 0 Å². The topological polar surface area (TPSA) is 26.0 Å². The van der Waals surface area contributed by atoms with Gasteiger partial charge < -0.3 is 5.73 Å². The summed E-state index contributed by atoms with van der Waals surface area (Å²) in [5.41, 5.74) is 7.14. The maximum Gasteiger partial charge on any atom is 0.0109 e. The lowest BCUT2D eigenvalue weighted by Crippen LogP contribution is -1.97. The Balaban J connectivity index is 2.35. The molecule has 0 bridgehead atoms. The second kappa shape index (κ2) is 6.20. The van der Waals surface area contributed by atoms with Gasteiger partial charge in [0.15, 0.2) is 0 Å². The SMILES string of the molecule is CCCC1CCC/C(=C\CN)CC1. The highest BCUT2D eigenvalue weighted by molar-refractivity contribution is 5.04. The minimum atomic E-state index is 0.730. The molecule has 1 nitrogen and oxygen atoms in total. The monoisotopic (exact) mass is 181 g/mol. The molecule has 1 aliphatic carbocycles. The summed E-state index contributed by atoms with van der Waals surface area (Å²) in [4.78, 5) is 0. The van der Waals surface area contributed by atoms with Crippen molar-refractivity contribution in [3.8, 4) is 0 Å². The summed E-state index contributed by atoms with van der Waals surface area (Å²) in [6, 6.07) is 0. The second-order valence-corrected chi connectivity index (χ2v) is 4.18. The first-order valence-corrected chi connectivity index (χ1v) is 5.74. The van der Waals surface area contributed by atoms with Gasteiger partial charge in [-0.1, -0.05) is 37.8 Å². The molecule has 1 aliphatic rings. The van der Waals surface area contributed by atoms with Gasteiger partial charge in [-0.15, -0.1) is 0 Å². The Morgan fingerprint density at radius 2 is 2.23 bits per heavy atom. The molecular weight excluding hydrogens is 158 g/mol. The van der Waals surface area contributed by atoms with Gasteiger partial charge in [0.25, 0.3) is 0 Å². The smallest absolute Gasteiger partial charge is 0.0109 e. The van der Waals surface area contributed by atoms with Crippen LogP contribution in [-0.4, -0.2) is 6.54 Å². The largest absolute Gasteiger partial charge is 0.327 e. The first kappa shape index (κ1) is 10.8. The summed E-state index contributed by atoms with van der Waals surface area (Å²) in [6.07, 6.45) is 11.8. The van der Waals surface area contributed by atoms with Crippen LogP contribution >= 0.6 is 0 Å². The van der Waals surface area contributed by atoms with Crippen molar-refractivity contribution in [3.05, 3.63) is 11.6 Å². The average molecular weight is 181 g/mol. The standard InChI is InChI=1S/C12H23N/c1-2-4-11-5-3-6-12(8-7-11)9-10-13/h9,11H,2-8,10,13H2,1H3/b12-9+. The summed E-state index contributed by atoms with van der Waals surface area (Å²) in [5.74, 6) is 0.994. The van der Waals surface area contributed by atoms with E-state index < -0.39 is 0 Å². The average Bonchev–Trinajstić information content (AvgIpc) is 2.33. The van der Waals surface area contributed by atoms with Gasteiger partial charge in [0, 0.05) is 6.54 Å². The van der Waals surface area contributed by atoms with Gasteiger partial charge in [-0.05, 0) is 31.6 Å². The summed E-state index contributed by atoms with van der Waals surface area (Å²) >= 11 is 0. The lowest BCUT2D eigenvalue weighted by atomic mass is 9.95. The molecule has 2 N–H and O–H groups in total. The molecular formula is C12H23N. The van der Waals surface area contributed by atoms with E-state index in [2.05, 4.69) is 13.0 Å². The molecule has 1 fully saturated rings. The van der Waals surface area contributed by atoms with Crippen LogP contribution in [0.3, 0.4) is 0 Å². The van der Waals surface area contributed by atoms with E-state index in [1.54, 1.807) is 5.57 Å². The first-order valence-electron chi connectivity index (χ1n) is 5.74. The predicted octanol–water partition coefficient (Wildman–Crippen LogP) is 3.25. The fourth-order valence-electron chi connectivity index (χ4n) is 2.34. The summed E-state index contributed by atoms with van der Waals surface area (Å²) in [5, 5.41) is 0. The van der Waals surface area contributed by atoms with E-state index in [1.165, 1.54) is 44.9 Å². The Kier molecular flexibility index (Phi) is 5.14. The Morgan fingerprint density at radius 1 is 1.38 bits per heavy atom. The van der Waals surface area contributed by atoms with Crippen molar-refractivity contribution in [2.45, 2.75) is 51.9 Å². The molecule has 1 atom stereocenters. The summed E-state index contributed by atoms with van der Waals surface area (Å²) in [7, 11) is 0. The molecule has 13 heavy (non-hydrogen) atoms. The van der Waals surface area contributed by atoms with Crippen LogP contribution in [0, 0.1) is 5.92 Å². The third kappa shape index (κ3) is 3.95. The Hall–Kier alpha value is -0.300. The van der Waals surface area contributed by atoms with E-state index in [1.807, 2.05) is 0 Å². The lowest BCUT2D eigenvalue weighted by molar-refractivity contribution is 0.426. The Labute approximate surface area is 82.4 Å². The normalized spacial score (nSPS) is 27.5. The van der Waals surface area contributed by atoms with E-state index >= 15 is 0 Å². The van der Waals surface area contributed by atoms with Gasteiger partial charge in [-0.3, -0.25) is 0 Å². The van der Waals surface area contributed by atoms with Gasteiger partial charge in [0.2, 0.25) is 0 Å². The van der Waals surface area contributed by atoms with E-state index in [-0.39, 0.29) is 0 Å². The van der Waals surface area contributed by atoms with Gasteiger partial charge >= 0.3 is 0 Å². The van der Waals surface area contributed by atoms with Crippen molar-refractivity contribution >= 4 is 0 Å². The van der Waals surface area contributed by atoms with Gasteiger partial charge in [0.1, 0.15) is 0 Å². The highest BCUT2D eigenvalue weighted by atomic mass is 14.5. The van der Waals surface area contributed by atoms with Crippen LogP contribution in [0.5, 0.6) is 0 Å². The van der Waals surface area contributed by atoms with Crippen molar-refractivity contribution in [2.75, 3.05) is 6.54 Å². The third-order valence-corrected chi connectivity index (χ3v) is 3.09. The van der Waals surface area contributed by atoms with Crippen molar-refractivity contribution < 1.29 is 0 Å². The molecule has 0 aromatic heterocycles. The highest BCUT2D eigenvalue weighted by Gasteiger charge is 2.13. The quantitative estimate of drug-likeness (QED) is 0.525. The zero-order chi connectivity index (χ0) is 9.52. The number of hydrogen-bond donors (Lipinski definition) is 1. The van der Waals surface area contributed by atoms with E-state index in [0.29, 0.717) is 0 Å². The number of nitrogens with two attached hydrogens (primary N) is 1. The van der Waals surface area contributed by atoms with Crippen LogP contribution in [0.25, 0.3) is 0 Å². The number of hydrogen-bond acceptors (Lipinski definition) is 1. The van der Waals surface area contributed by atoms with Crippen LogP contribution < -0.4 is 5.73 Å². The molecule has 1 rings (SSSR count). The molecule has 0 radical (unpaired) electrons. The molecule has 1 saturated carbocycles. The van der Waals surface area contributed by atoms with Crippen LogP contribution in [-0.2, 0) is 0 Å². The molecule has 0 saturated heterocycles. The maximum absolute atomic E-state index is 5.53. The first-order chi connectivity index (χ1) is 6.36. The minimum absolute atomic E-state index is 0.730. The lowest BCUT2D eigenvalue weighted by Gasteiger charge is -2.11.